The predicted octanol–water partition coefficient (Wildman–Crippen LogP) is 3.59. The van der Waals surface area contributed by atoms with E-state index in [2.05, 4.69) is 21.7 Å². The number of hydrogen-bond donors (Lipinski definition) is 1. The molecule has 1 aromatic heterocycles. The second-order valence-electron chi connectivity index (χ2n) is 8.12. The van der Waals surface area contributed by atoms with Gasteiger partial charge in [0.05, 0.1) is 5.52 Å². The Balaban J connectivity index is 1.35. The van der Waals surface area contributed by atoms with Crippen LogP contribution in [0.3, 0.4) is 0 Å². The van der Waals surface area contributed by atoms with Crippen LogP contribution in [0.15, 0.2) is 60.2 Å². The zero-order valence-corrected chi connectivity index (χ0v) is 17.3. The first kappa shape index (κ1) is 19.5. The Kier molecular flexibility index (Phi) is 5.24. The largest absolute Gasteiger partial charge is 0.335 e. The summed E-state index contributed by atoms with van der Waals surface area (Å²) in [4.78, 5) is 28.1. The van der Waals surface area contributed by atoms with Crippen molar-refractivity contribution in [3.05, 3.63) is 71.3 Å². The average Bonchev–Trinajstić information content (AvgIpc) is 3.36. The third-order valence-electron chi connectivity index (χ3n) is 6.19. The van der Waals surface area contributed by atoms with Gasteiger partial charge in [0.15, 0.2) is 0 Å². The first-order valence-corrected chi connectivity index (χ1v) is 10.9. The molecule has 0 fully saturated rings. The van der Waals surface area contributed by atoms with Crippen LogP contribution in [0, 0.1) is 0 Å². The number of benzene rings is 2. The van der Waals surface area contributed by atoms with Gasteiger partial charge in [0.1, 0.15) is 18.2 Å². The number of nitrogens with zero attached hydrogens (tertiary/aromatic N) is 4. The molecule has 158 valence electrons. The second-order valence-corrected chi connectivity index (χ2v) is 8.12. The Morgan fingerprint density at radius 2 is 1.94 bits per heavy atom. The number of fused-ring (bicyclic) bond motifs is 2. The monoisotopic (exact) mass is 415 g/mol. The molecule has 1 N–H and O–H groups in total. The summed E-state index contributed by atoms with van der Waals surface area (Å²) < 4.78 is 1.66. The average molecular weight is 415 g/mol. The van der Waals surface area contributed by atoms with Gasteiger partial charge in [0.25, 0.3) is 5.91 Å². The van der Waals surface area contributed by atoms with Gasteiger partial charge < -0.3 is 10.2 Å². The molecule has 0 bridgehead atoms. The molecule has 7 heteroatoms. The topological polar surface area (TPSA) is 80.1 Å². The quantitative estimate of drug-likeness (QED) is 0.624. The van der Waals surface area contributed by atoms with E-state index in [1.54, 1.807) is 9.58 Å². The number of nitrogens with one attached hydrogen (secondary N) is 1. The van der Waals surface area contributed by atoms with Crippen LogP contribution in [0.5, 0.6) is 0 Å². The number of hydrogen-bond acceptors (Lipinski definition) is 4. The van der Waals surface area contributed by atoms with E-state index in [9.17, 15) is 9.59 Å². The fourth-order valence-electron chi connectivity index (χ4n) is 4.56. The number of carbonyl (C=O) groups excluding carboxylic acids is 2. The summed E-state index contributed by atoms with van der Waals surface area (Å²) in [6.45, 7) is 0.745. The van der Waals surface area contributed by atoms with Crippen molar-refractivity contribution in [2.45, 2.75) is 44.8 Å². The second kappa shape index (κ2) is 8.34. The molecule has 31 heavy (non-hydrogen) atoms. The summed E-state index contributed by atoms with van der Waals surface area (Å²) in [5.74, 6) is -0.270. The van der Waals surface area contributed by atoms with Gasteiger partial charge >= 0.3 is 0 Å². The molecule has 1 aliphatic heterocycles. The molecule has 1 aliphatic carbocycles. The minimum atomic E-state index is -0.623. The van der Waals surface area contributed by atoms with Gasteiger partial charge in [-0.1, -0.05) is 47.2 Å². The maximum absolute atomic E-state index is 13.3. The number of aromatic nitrogens is 3. The lowest BCUT2D eigenvalue weighted by atomic mass is 9.97. The first-order valence-electron chi connectivity index (χ1n) is 10.9. The molecule has 2 aliphatic rings. The molecule has 2 heterocycles. The highest BCUT2D eigenvalue weighted by Crippen LogP contribution is 2.34. The van der Waals surface area contributed by atoms with Crippen molar-refractivity contribution in [3.8, 4) is 0 Å². The summed E-state index contributed by atoms with van der Waals surface area (Å²) >= 11 is 0. The Hall–Kier alpha value is -3.48. The Labute approximate surface area is 180 Å². The zero-order chi connectivity index (χ0) is 21.2. The SMILES string of the molecule is O=C(NCn1nnc2ccccc21)C1c2ccccc2C(=O)N1CCC1=CCCCC1. The maximum Gasteiger partial charge on any atom is 0.255 e. The van der Waals surface area contributed by atoms with Crippen molar-refractivity contribution in [2.75, 3.05) is 6.54 Å². The lowest BCUT2D eigenvalue weighted by Gasteiger charge is -2.25. The van der Waals surface area contributed by atoms with Crippen LogP contribution in [-0.2, 0) is 11.5 Å². The van der Waals surface area contributed by atoms with Crippen molar-refractivity contribution in [3.63, 3.8) is 0 Å². The van der Waals surface area contributed by atoms with Crippen LogP contribution >= 0.6 is 0 Å². The van der Waals surface area contributed by atoms with Gasteiger partial charge in [0, 0.05) is 12.1 Å². The standard InChI is InChI=1S/C24H25N5O2/c30-23(25-16-29-21-13-7-6-12-20(21)26-27-29)22-18-10-4-5-11-19(18)24(31)28(22)15-14-17-8-2-1-3-9-17/h4-8,10-13,22H,1-3,9,14-16H2,(H,25,30). The number of rotatable bonds is 6. The highest BCUT2D eigenvalue weighted by molar-refractivity contribution is 6.04. The smallest absolute Gasteiger partial charge is 0.255 e. The lowest BCUT2D eigenvalue weighted by Crippen LogP contribution is -2.40. The molecule has 1 unspecified atom stereocenters. The first-order chi connectivity index (χ1) is 15.2. The Morgan fingerprint density at radius 1 is 1.10 bits per heavy atom. The highest BCUT2D eigenvalue weighted by atomic mass is 16.2. The van der Waals surface area contributed by atoms with E-state index in [0.29, 0.717) is 12.1 Å². The minimum Gasteiger partial charge on any atom is -0.335 e. The molecule has 0 radical (unpaired) electrons. The van der Waals surface area contributed by atoms with Gasteiger partial charge in [-0.25, -0.2) is 4.68 Å². The van der Waals surface area contributed by atoms with E-state index in [4.69, 9.17) is 0 Å². The third-order valence-corrected chi connectivity index (χ3v) is 6.19. The molecule has 2 amide bonds. The van der Waals surface area contributed by atoms with Crippen molar-refractivity contribution in [1.29, 1.82) is 0 Å². The van der Waals surface area contributed by atoms with Crippen molar-refractivity contribution in [2.24, 2.45) is 0 Å². The van der Waals surface area contributed by atoms with Crippen molar-refractivity contribution in [1.82, 2.24) is 25.2 Å². The summed E-state index contributed by atoms with van der Waals surface area (Å²) in [7, 11) is 0. The molecule has 0 spiro atoms. The van der Waals surface area contributed by atoms with Gasteiger partial charge in [-0.2, -0.15) is 0 Å². The number of carbonyl (C=O) groups is 2. The molecule has 0 saturated carbocycles. The lowest BCUT2D eigenvalue weighted by molar-refractivity contribution is -0.126. The fourth-order valence-corrected chi connectivity index (χ4v) is 4.56. The van der Waals surface area contributed by atoms with E-state index >= 15 is 0 Å². The molecule has 5 rings (SSSR count). The van der Waals surface area contributed by atoms with Crippen LogP contribution in [0.4, 0.5) is 0 Å². The third kappa shape index (κ3) is 3.71. The van der Waals surface area contributed by atoms with Crippen LogP contribution in [0.25, 0.3) is 11.0 Å². The van der Waals surface area contributed by atoms with E-state index < -0.39 is 6.04 Å². The normalized spacial score (nSPS) is 18.2. The van der Waals surface area contributed by atoms with E-state index in [0.717, 1.165) is 35.9 Å². The fraction of sp³-hybridized carbons (Fsp3) is 0.333. The molecule has 2 aromatic carbocycles. The maximum atomic E-state index is 13.3. The molecule has 7 nitrogen and oxygen atoms in total. The number of amides is 2. The van der Waals surface area contributed by atoms with Crippen LogP contribution in [0.1, 0.15) is 54.1 Å². The molecule has 3 aromatic rings. The summed E-state index contributed by atoms with van der Waals surface area (Å²) in [6.07, 6.45) is 7.75. The van der Waals surface area contributed by atoms with Crippen LogP contribution in [-0.4, -0.2) is 38.3 Å². The molecular weight excluding hydrogens is 390 g/mol. The molecular formula is C24H25N5O2. The van der Waals surface area contributed by atoms with E-state index in [1.807, 2.05) is 48.5 Å². The van der Waals surface area contributed by atoms with Gasteiger partial charge in [-0.15, -0.1) is 5.10 Å². The van der Waals surface area contributed by atoms with Crippen LogP contribution in [0.2, 0.25) is 0 Å². The highest BCUT2D eigenvalue weighted by Gasteiger charge is 2.40. The van der Waals surface area contributed by atoms with E-state index in [-0.39, 0.29) is 18.5 Å². The van der Waals surface area contributed by atoms with Crippen molar-refractivity contribution < 1.29 is 9.59 Å². The van der Waals surface area contributed by atoms with Gasteiger partial charge in [0.2, 0.25) is 5.91 Å². The summed E-state index contributed by atoms with van der Waals surface area (Å²) in [6, 6.07) is 14.4. The minimum absolute atomic E-state index is 0.0710. The zero-order valence-electron chi connectivity index (χ0n) is 17.3. The van der Waals surface area contributed by atoms with Crippen molar-refractivity contribution >= 4 is 22.8 Å². The Morgan fingerprint density at radius 3 is 2.81 bits per heavy atom. The van der Waals surface area contributed by atoms with Gasteiger partial charge in [-0.05, 0) is 55.9 Å². The Bertz CT molecular complexity index is 1170. The van der Waals surface area contributed by atoms with Gasteiger partial charge in [-0.3, -0.25) is 9.59 Å². The molecule has 1 atom stereocenters. The van der Waals surface area contributed by atoms with E-state index in [1.165, 1.54) is 18.4 Å². The molecule has 0 saturated heterocycles. The predicted molar refractivity (Wildman–Crippen MR) is 117 cm³/mol. The number of para-hydroxylation sites is 1. The van der Waals surface area contributed by atoms with Crippen LogP contribution < -0.4 is 5.32 Å². The summed E-state index contributed by atoms with van der Waals surface area (Å²) in [5, 5.41) is 11.2. The summed E-state index contributed by atoms with van der Waals surface area (Å²) in [5.41, 5.74) is 4.41. The number of allylic oxidation sites excluding steroid dienone is 1.